The molecule has 0 aromatic carbocycles. The average Bonchev–Trinajstić information content (AvgIpc) is 3.21. The highest BCUT2D eigenvalue weighted by Gasteiger charge is 2.17. The molecule has 0 bridgehead atoms. The number of aromatic nitrogens is 3. The minimum Gasteiger partial charge on any atom is -0.464 e. The summed E-state index contributed by atoms with van der Waals surface area (Å²) in [4.78, 5) is 27.4. The summed E-state index contributed by atoms with van der Waals surface area (Å²) in [5, 5.41) is 8.93. The molecule has 9 nitrogen and oxygen atoms in total. The van der Waals surface area contributed by atoms with Crippen molar-refractivity contribution in [2.75, 3.05) is 6.61 Å². The van der Waals surface area contributed by atoms with Crippen molar-refractivity contribution in [3.05, 3.63) is 24.2 Å². The number of urea groups is 1. The van der Waals surface area contributed by atoms with E-state index in [0.29, 0.717) is 5.82 Å². The fourth-order valence-electron chi connectivity index (χ4n) is 2.05. The molecule has 0 aliphatic heterocycles. The van der Waals surface area contributed by atoms with Gasteiger partial charge >= 0.3 is 12.0 Å². The lowest BCUT2D eigenvalue weighted by Crippen LogP contribution is -2.44. The highest BCUT2D eigenvalue weighted by atomic mass is 16.5. The van der Waals surface area contributed by atoms with Crippen LogP contribution in [-0.4, -0.2) is 39.4 Å². The number of nitrogens with one attached hydrogen (secondary N) is 2. The number of nitrogens with zero attached hydrogens (tertiary/aromatic N) is 3. The maximum absolute atomic E-state index is 11.7. The van der Waals surface area contributed by atoms with Crippen molar-refractivity contribution >= 4 is 12.0 Å². The van der Waals surface area contributed by atoms with E-state index in [2.05, 4.69) is 20.8 Å². The van der Waals surface area contributed by atoms with Crippen LogP contribution in [0.15, 0.2) is 22.9 Å². The van der Waals surface area contributed by atoms with Crippen molar-refractivity contribution < 1.29 is 18.8 Å². The summed E-state index contributed by atoms with van der Waals surface area (Å²) in [7, 11) is 0. The standard InChI is InChI=1S/C15H21N5O4/c1-4-20-8-6-7-11(20)13-18-12(24-19-13)9-16-15(22)17-10(3)14(21)23-5-2/h6-8,10H,4-5,9H2,1-3H3,(H2,16,17,22). The highest BCUT2D eigenvalue weighted by Crippen LogP contribution is 2.16. The molecule has 1 unspecified atom stereocenters. The Morgan fingerprint density at radius 2 is 2.21 bits per heavy atom. The number of amides is 2. The van der Waals surface area contributed by atoms with Gasteiger partial charge in [-0.3, -0.25) is 0 Å². The minimum atomic E-state index is -0.740. The zero-order chi connectivity index (χ0) is 17.5. The van der Waals surface area contributed by atoms with Crippen molar-refractivity contribution in [2.24, 2.45) is 0 Å². The topological polar surface area (TPSA) is 111 Å². The van der Waals surface area contributed by atoms with Crippen LogP contribution in [0, 0.1) is 0 Å². The molecular weight excluding hydrogens is 314 g/mol. The van der Waals surface area contributed by atoms with E-state index in [1.54, 1.807) is 13.8 Å². The van der Waals surface area contributed by atoms with Crippen molar-refractivity contribution in [1.29, 1.82) is 0 Å². The molecule has 2 aromatic rings. The Morgan fingerprint density at radius 3 is 2.92 bits per heavy atom. The fraction of sp³-hybridized carbons (Fsp3) is 0.467. The molecule has 2 N–H and O–H groups in total. The van der Waals surface area contributed by atoms with Crippen LogP contribution in [0.1, 0.15) is 26.7 Å². The molecule has 0 aliphatic rings. The smallest absolute Gasteiger partial charge is 0.328 e. The second-order valence-corrected chi connectivity index (χ2v) is 4.99. The van der Waals surface area contributed by atoms with Gasteiger partial charge in [-0.1, -0.05) is 5.16 Å². The number of aryl methyl sites for hydroxylation is 1. The molecule has 0 aliphatic carbocycles. The van der Waals surface area contributed by atoms with Gasteiger partial charge in [-0.2, -0.15) is 4.98 Å². The quantitative estimate of drug-likeness (QED) is 0.738. The molecule has 2 aromatic heterocycles. The Morgan fingerprint density at radius 1 is 1.42 bits per heavy atom. The number of hydrogen-bond acceptors (Lipinski definition) is 6. The summed E-state index contributed by atoms with van der Waals surface area (Å²) >= 11 is 0. The zero-order valence-corrected chi connectivity index (χ0v) is 13.9. The van der Waals surface area contributed by atoms with Gasteiger partial charge in [-0.05, 0) is 32.9 Å². The SMILES string of the molecule is CCOC(=O)C(C)NC(=O)NCc1nc(-c2cccn2CC)no1. The van der Waals surface area contributed by atoms with E-state index in [1.807, 2.05) is 29.8 Å². The zero-order valence-electron chi connectivity index (χ0n) is 13.9. The third-order valence-corrected chi connectivity index (χ3v) is 3.26. The number of hydrogen-bond donors (Lipinski definition) is 2. The summed E-state index contributed by atoms with van der Waals surface area (Å²) in [6.07, 6.45) is 1.92. The van der Waals surface area contributed by atoms with Gasteiger partial charge in [0.15, 0.2) is 0 Å². The summed E-state index contributed by atoms with van der Waals surface area (Å²) in [5.41, 5.74) is 0.841. The van der Waals surface area contributed by atoms with Gasteiger partial charge in [0.2, 0.25) is 11.7 Å². The molecule has 2 heterocycles. The van der Waals surface area contributed by atoms with Crippen LogP contribution in [0.5, 0.6) is 0 Å². The van der Waals surface area contributed by atoms with E-state index in [9.17, 15) is 9.59 Å². The molecule has 0 saturated carbocycles. The first-order valence-corrected chi connectivity index (χ1v) is 7.74. The van der Waals surface area contributed by atoms with Gasteiger partial charge in [0.25, 0.3) is 0 Å². The number of ether oxygens (including phenoxy) is 1. The lowest BCUT2D eigenvalue weighted by atomic mass is 10.3. The van der Waals surface area contributed by atoms with E-state index in [4.69, 9.17) is 9.26 Å². The van der Waals surface area contributed by atoms with E-state index in [1.165, 1.54) is 0 Å². The lowest BCUT2D eigenvalue weighted by Gasteiger charge is -2.12. The van der Waals surface area contributed by atoms with Crippen LogP contribution in [0.3, 0.4) is 0 Å². The van der Waals surface area contributed by atoms with Gasteiger partial charge in [-0.15, -0.1) is 0 Å². The number of rotatable bonds is 7. The van der Waals surface area contributed by atoms with Gasteiger partial charge in [0, 0.05) is 12.7 Å². The molecule has 1 atom stereocenters. The lowest BCUT2D eigenvalue weighted by molar-refractivity contribution is -0.144. The first-order valence-electron chi connectivity index (χ1n) is 7.74. The number of carbonyl (C=O) groups is 2. The van der Waals surface area contributed by atoms with E-state index < -0.39 is 18.0 Å². The molecule has 0 spiro atoms. The van der Waals surface area contributed by atoms with Crippen LogP contribution >= 0.6 is 0 Å². The van der Waals surface area contributed by atoms with Crippen LogP contribution in [0.2, 0.25) is 0 Å². The highest BCUT2D eigenvalue weighted by molar-refractivity contribution is 5.83. The van der Waals surface area contributed by atoms with E-state index in [-0.39, 0.29) is 19.0 Å². The monoisotopic (exact) mass is 335 g/mol. The van der Waals surface area contributed by atoms with E-state index in [0.717, 1.165) is 12.2 Å². The molecule has 0 saturated heterocycles. The first-order chi connectivity index (χ1) is 11.5. The molecule has 2 rings (SSSR count). The van der Waals surface area contributed by atoms with Crippen LogP contribution in [0.4, 0.5) is 4.79 Å². The first kappa shape index (κ1) is 17.5. The minimum absolute atomic E-state index is 0.0568. The molecule has 130 valence electrons. The third kappa shape index (κ3) is 4.34. The Labute approximate surface area is 139 Å². The predicted molar refractivity (Wildman–Crippen MR) is 84.9 cm³/mol. The van der Waals surface area contributed by atoms with Gasteiger partial charge in [-0.25, -0.2) is 9.59 Å². The summed E-state index contributed by atoms with van der Waals surface area (Å²) in [6, 6.07) is 2.53. The van der Waals surface area contributed by atoms with Crippen molar-refractivity contribution in [3.63, 3.8) is 0 Å². The average molecular weight is 335 g/mol. The molecular formula is C15H21N5O4. The van der Waals surface area contributed by atoms with Crippen molar-refractivity contribution in [2.45, 2.75) is 39.9 Å². The molecule has 2 amide bonds. The number of esters is 1. The van der Waals surface area contributed by atoms with Crippen LogP contribution in [0.25, 0.3) is 11.5 Å². The van der Waals surface area contributed by atoms with Crippen LogP contribution in [-0.2, 0) is 22.6 Å². The Hall–Kier alpha value is -2.84. The maximum Gasteiger partial charge on any atom is 0.328 e. The molecule has 0 fully saturated rings. The largest absolute Gasteiger partial charge is 0.464 e. The number of carbonyl (C=O) groups excluding carboxylic acids is 2. The maximum atomic E-state index is 11.7. The summed E-state index contributed by atoms with van der Waals surface area (Å²) in [5.74, 6) is 0.236. The van der Waals surface area contributed by atoms with Gasteiger partial charge in [0.1, 0.15) is 6.04 Å². The Kier molecular flexibility index (Phi) is 5.94. The Bertz CT molecular complexity index is 694. The van der Waals surface area contributed by atoms with Crippen molar-refractivity contribution in [3.8, 4) is 11.5 Å². The fourth-order valence-corrected chi connectivity index (χ4v) is 2.05. The normalized spacial score (nSPS) is 11.8. The Balaban J connectivity index is 1.87. The summed E-state index contributed by atoms with van der Waals surface area (Å²) < 4.78 is 11.9. The van der Waals surface area contributed by atoms with E-state index >= 15 is 0 Å². The molecule has 24 heavy (non-hydrogen) atoms. The van der Waals surface area contributed by atoms with Crippen LogP contribution < -0.4 is 10.6 Å². The predicted octanol–water partition coefficient (Wildman–Crippen LogP) is 1.31. The summed E-state index contributed by atoms with van der Waals surface area (Å²) in [6.45, 7) is 6.37. The van der Waals surface area contributed by atoms with Gasteiger partial charge in [0.05, 0.1) is 18.8 Å². The second kappa shape index (κ2) is 8.14. The molecule has 0 radical (unpaired) electrons. The second-order valence-electron chi connectivity index (χ2n) is 4.99. The third-order valence-electron chi connectivity index (χ3n) is 3.26. The molecule has 9 heteroatoms. The van der Waals surface area contributed by atoms with Gasteiger partial charge < -0.3 is 24.5 Å². The van der Waals surface area contributed by atoms with Crippen molar-refractivity contribution in [1.82, 2.24) is 25.3 Å².